The lowest BCUT2D eigenvalue weighted by atomic mass is 10.3. The predicted octanol–water partition coefficient (Wildman–Crippen LogP) is 1.82. The lowest BCUT2D eigenvalue weighted by Crippen LogP contribution is -2.11. The van der Waals surface area contributed by atoms with Gasteiger partial charge in [-0.05, 0) is 37.3 Å². The van der Waals surface area contributed by atoms with Crippen LogP contribution in [0.3, 0.4) is 0 Å². The minimum atomic E-state index is -0.302. The number of hydrogen-bond donors (Lipinski definition) is 1. The van der Waals surface area contributed by atoms with Crippen molar-refractivity contribution in [3.05, 3.63) is 41.7 Å². The molecule has 0 spiro atoms. The number of nitrogens with zero attached hydrogens (tertiary/aromatic N) is 2. The highest BCUT2D eigenvalue weighted by Crippen LogP contribution is 2.13. The lowest BCUT2D eigenvalue weighted by Gasteiger charge is -2.07. The lowest BCUT2D eigenvalue weighted by molar-refractivity contribution is -0.145. The molecule has 6 heteroatoms. The fourth-order valence-electron chi connectivity index (χ4n) is 1.84. The molecule has 0 fully saturated rings. The van der Waals surface area contributed by atoms with Crippen LogP contribution in [-0.2, 0) is 23.2 Å². The van der Waals surface area contributed by atoms with Gasteiger partial charge in [-0.3, -0.25) is 9.48 Å². The molecular weight excluding hydrogens is 270 g/mol. The zero-order valence-electron chi connectivity index (χ0n) is 12.2. The van der Waals surface area contributed by atoms with Crippen molar-refractivity contribution < 1.29 is 14.3 Å². The molecule has 0 aliphatic carbocycles. The summed E-state index contributed by atoms with van der Waals surface area (Å²) >= 11 is 0. The standard InChI is InChI=1S/C15H19N3O3/c1-11-9-13(18(2)17-11)10-21-15(19)7-8-20-14-5-3-12(16)4-6-14/h3-6,9H,7-8,10,16H2,1-2H3. The van der Waals surface area contributed by atoms with E-state index in [1.54, 1.807) is 28.9 Å². The van der Waals surface area contributed by atoms with Gasteiger partial charge in [-0.2, -0.15) is 5.10 Å². The number of rotatable bonds is 6. The molecule has 1 aromatic heterocycles. The SMILES string of the molecule is Cc1cc(COC(=O)CCOc2ccc(N)cc2)n(C)n1. The van der Waals surface area contributed by atoms with Crippen molar-refractivity contribution in [1.82, 2.24) is 9.78 Å². The quantitative estimate of drug-likeness (QED) is 0.648. The van der Waals surface area contributed by atoms with E-state index in [4.69, 9.17) is 15.2 Å². The van der Waals surface area contributed by atoms with Gasteiger partial charge in [0.05, 0.1) is 24.4 Å². The Labute approximate surface area is 123 Å². The average Bonchev–Trinajstić information content (AvgIpc) is 2.77. The molecule has 0 unspecified atom stereocenters. The van der Waals surface area contributed by atoms with E-state index in [0.717, 1.165) is 11.4 Å². The molecule has 6 nitrogen and oxygen atoms in total. The van der Waals surface area contributed by atoms with Crippen LogP contribution >= 0.6 is 0 Å². The summed E-state index contributed by atoms with van der Waals surface area (Å²) in [5.41, 5.74) is 8.01. The number of nitrogen functional groups attached to an aromatic ring is 1. The van der Waals surface area contributed by atoms with Crippen LogP contribution in [-0.4, -0.2) is 22.4 Å². The maximum atomic E-state index is 11.6. The van der Waals surface area contributed by atoms with Gasteiger partial charge >= 0.3 is 5.97 Å². The minimum Gasteiger partial charge on any atom is -0.493 e. The van der Waals surface area contributed by atoms with E-state index in [1.165, 1.54) is 0 Å². The zero-order valence-corrected chi connectivity index (χ0v) is 12.2. The van der Waals surface area contributed by atoms with Crippen LogP contribution in [0, 0.1) is 6.92 Å². The van der Waals surface area contributed by atoms with Crippen LogP contribution in [0.1, 0.15) is 17.8 Å². The van der Waals surface area contributed by atoms with Gasteiger partial charge in [-0.15, -0.1) is 0 Å². The molecular formula is C15H19N3O3. The maximum absolute atomic E-state index is 11.6. The second-order valence-corrected chi connectivity index (χ2v) is 4.73. The predicted molar refractivity (Wildman–Crippen MR) is 78.7 cm³/mol. The Bertz CT molecular complexity index is 605. The Morgan fingerprint density at radius 2 is 2.05 bits per heavy atom. The average molecular weight is 289 g/mol. The largest absolute Gasteiger partial charge is 0.493 e. The molecule has 0 saturated heterocycles. The Morgan fingerprint density at radius 1 is 1.33 bits per heavy atom. The summed E-state index contributed by atoms with van der Waals surface area (Å²) in [7, 11) is 1.82. The molecule has 1 aromatic carbocycles. The molecule has 0 saturated carbocycles. The molecule has 0 aliphatic rings. The van der Waals surface area contributed by atoms with Gasteiger partial charge in [-0.25, -0.2) is 0 Å². The third kappa shape index (κ3) is 4.52. The van der Waals surface area contributed by atoms with Crippen LogP contribution in [0.15, 0.2) is 30.3 Å². The van der Waals surface area contributed by atoms with Crippen molar-refractivity contribution >= 4 is 11.7 Å². The third-order valence-electron chi connectivity index (χ3n) is 2.93. The van der Waals surface area contributed by atoms with Crippen LogP contribution < -0.4 is 10.5 Å². The highest BCUT2D eigenvalue weighted by Gasteiger charge is 2.07. The van der Waals surface area contributed by atoms with E-state index in [2.05, 4.69) is 5.10 Å². The van der Waals surface area contributed by atoms with Crippen LogP contribution in [0.4, 0.5) is 5.69 Å². The summed E-state index contributed by atoms with van der Waals surface area (Å²) in [6, 6.07) is 8.91. The summed E-state index contributed by atoms with van der Waals surface area (Å²) in [6.45, 7) is 2.39. The number of benzene rings is 1. The molecule has 0 bridgehead atoms. The number of aromatic nitrogens is 2. The van der Waals surface area contributed by atoms with Gasteiger partial charge in [0.1, 0.15) is 12.4 Å². The second-order valence-electron chi connectivity index (χ2n) is 4.73. The summed E-state index contributed by atoms with van der Waals surface area (Å²) in [5, 5.41) is 4.19. The first kappa shape index (κ1) is 14.9. The van der Waals surface area contributed by atoms with Gasteiger partial charge < -0.3 is 15.2 Å². The van der Waals surface area contributed by atoms with E-state index >= 15 is 0 Å². The van der Waals surface area contributed by atoms with Crippen molar-refractivity contribution in [1.29, 1.82) is 0 Å². The van der Waals surface area contributed by atoms with E-state index in [9.17, 15) is 4.79 Å². The number of hydrogen-bond acceptors (Lipinski definition) is 5. The second kappa shape index (κ2) is 6.78. The van der Waals surface area contributed by atoms with Gasteiger partial charge in [0, 0.05) is 12.7 Å². The molecule has 0 aliphatic heterocycles. The number of esters is 1. The van der Waals surface area contributed by atoms with Crippen molar-refractivity contribution in [2.45, 2.75) is 20.0 Å². The molecule has 0 atom stereocenters. The molecule has 2 rings (SSSR count). The summed E-state index contributed by atoms with van der Waals surface area (Å²) < 4.78 is 12.3. The first-order valence-corrected chi connectivity index (χ1v) is 6.68. The fraction of sp³-hybridized carbons (Fsp3) is 0.333. The number of anilines is 1. The minimum absolute atomic E-state index is 0.196. The highest BCUT2D eigenvalue weighted by atomic mass is 16.5. The third-order valence-corrected chi connectivity index (χ3v) is 2.93. The Morgan fingerprint density at radius 3 is 2.67 bits per heavy atom. The van der Waals surface area contributed by atoms with Gasteiger partial charge in [0.25, 0.3) is 0 Å². The molecule has 0 amide bonds. The number of nitrogens with two attached hydrogens (primary N) is 1. The number of carbonyl (C=O) groups excluding carboxylic acids is 1. The summed E-state index contributed by atoms with van der Waals surface area (Å²) in [5.74, 6) is 0.378. The van der Waals surface area contributed by atoms with Crippen molar-refractivity contribution in [3.8, 4) is 5.75 Å². The van der Waals surface area contributed by atoms with Gasteiger partial charge in [0.2, 0.25) is 0 Å². The van der Waals surface area contributed by atoms with E-state index in [0.29, 0.717) is 11.4 Å². The normalized spacial score (nSPS) is 10.4. The molecule has 2 N–H and O–H groups in total. The van der Waals surface area contributed by atoms with E-state index < -0.39 is 0 Å². The topological polar surface area (TPSA) is 79.4 Å². The van der Waals surface area contributed by atoms with Crippen LogP contribution in [0.2, 0.25) is 0 Å². The Balaban J connectivity index is 1.70. The first-order chi connectivity index (χ1) is 10.0. The molecule has 21 heavy (non-hydrogen) atoms. The zero-order chi connectivity index (χ0) is 15.2. The number of aryl methyl sites for hydroxylation is 2. The summed E-state index contributed by atoms with van der Waals surface area (Å²) in [6.07, 6.45) is 0.196. The molecule has 2 aromatic rings. The van der Waals surface area contributed by atoms with E-state index in [1.807, 2.05) is 20.0 Å². The highest BCUT2D eigenvalue weighted by molar-refractivity contribution is 5.69. The van der Waals surface area contributed by atoms with Gasteiger partial charge in [0.15, 0.2) is 0 Å². The van der Waals surface area contributed by atoms with Crippen molar-refractivity contribution in [3.63, 3.8) is 0 Å². The fourth-order valence-corrected chi connectivity index (χ4v) is 1.84. The van der Waals surface area contributed by atoms with Crippen LogP contribution in [0.25, 0.3) is 0 Å². The smallest absolute Gasteiger partial charge is 0.309 e. The monoisotopic (exact) mass is 289 g/mol. The maximum Gasteiger partial charge on any atom is 0.309 e. The van der Waals surface area contributed by atoms with Crippen LogP contribution in [0.5, 0.6) is 5.75 Å². The van der Waals surface area contributed by atoms with Crippen molar-refractivity contribution in [2.75, 3.05) is 12.3 Å². The van der Waals surface area contributed by atoms with Crippen molar-refractivity contribution in [2.24, 2.45) is 7.05 Å². The number of ether oxygens (including phenoxy) is 2. The number of carbonyl (C=O) groups is 1. The summed E-state index contributed by atoms with van der Waals surface area (Å²) in [4.78, 5) is 11.6. The first-order valence-electron chi connectivity index (χ1n) is 6.68. The molecule has 112 valence electrons. The molecule has 1 heterocycles. The van der Waals surface area contributed by atoms with Gasteiger partial charge in [-0.1, -0.05) is 0 Å². The molecule has 0 radical (unpaired) electrons. The Hall–Kier alpha value is -2.50. The van der Waals surface area contributed by atoms with E-state index in [-0.39, 0.29) is 25.6 Å². The Kier molecular flexibility index (Phi) is 4.81.